The first-order valence-corrected chi connectivity index (χ1v) is 10.1. The second kappa shape index (κ2) is 8.82. The zero-order chi connectivity index (χ0) is 19.4. The van der Waals surface area contributed by atoms with Crippen LogP contribution in [0.4, 0.5) is 5.13 Å². The summed E-state index contributed by atoms with van der Waals surface area (Å²) in [5.74, 6) is 0.565. The zero-order valence-electron chi connectivity index (χ0n) is 16.3. The summed E-state index contributed by atoms with van der Waals surface area (Å²) >= 11 is 1.44. The Morgan fingerprint density at radius 3 is 2.63 bits per heavy atom. The van der Waals surface area contributed by atoms with E-state index in [4.69, 9.17) is 9.47 Å². The van der Waals surface area contributed by atoms with E-state index in [-0.39, 0.29) is 24.7 Å². The number of carbonyl (C=O) groups excluding carboxylic acids is 1. The van der Waals surface area contributed by atoms with E-state index in [1.54, 1.807) is 0 Å². The molecule has 2 aromatic rings. The van der Waals surface area contributed by atoms with Crippen LogP contribution in [0.2, 0.25) is 0 Å². The molecule has 7 heteroatoms. The number of amides is 1. The molecule has 2 atom stereocenters. The summed E-state index contributed by atoms with van der Waals surface area (Å²) in [4.78, 5) is 19.1. The van der Waals surface area contributed by atoms with E-state index in [1.165, 1.54) is 11.3 Å². The normalized spacial score (nSPS) is 20.4. The largest absolute Gasteiger partial charge is 0.483 e. The molecule has 1 aromatic carbocycles. The van der Waals surface area contributed by atoms with E-state index in [0.717, 1.165) is 42.2 Å². The van der Waals surface area contributed by atoms with Gasteiger partial charge in [-0.15, -0.1) is 11.3 Å². The molecular weight excluding hydrogens is 362 g/mol. The number of nitrogens with zero attached hydrogens (tertiary/aromatic N) is 2. The van der Waals surface area contributed by atoms with Gasteiger partial charge in [-0.05, 0) is 38.8 Å². The summed E-state index contributed by atoms with van der Waals surface area (Å²) in [6.07, 6.45) is 0.460. The van der Waals surface area contributed by atoms with Gasteiger partial charge < -0.3 is 9.47 Å². The van der Waals surface area contributed by atoms with Crippen LogP contribution >= 0.6 is 11.3 Å². The number of hydrogen-bond acceptors (Lipinski definition) is 6. The molecule has 2 unspecified atom stereocenters. The number of benzene rings is 1. The Morgan fingerprint density at radius 1 is 1.30 bits per heavy atom. The highest BCUT2D eigenvalue weighted by atomic mass is 32.1. The minimum absolute atomic E-state index is 0.0287. The van der Waals surface area contributed by atoms with Crippen molar-refractivity contribution in [2.75, 3.05) is 25.0 Å². The van der Waals surface area contributed by atoms with Gasteiger partial charge in [-0.2, -0.15) is 0 Å². The van der Waals surface area contributed by atoms with E-state index in [2.05, 4.69) is 29.0 Å². The molecule has 1 aliphatic rings. The lowest BCUT2D eigenvalue weighted by molar-refractivity contribution is -0.118. The molecule has 0 spiro atoms. The minimum Gasteiger partial charge on any atom is -0.483 e. The van der Waals surface area contributed by atoms with E-state index in [0.29, 0.717) is 5.13 Å². The summed E-state index contributed by atoms with van der Waals surface area (Å²) in [6.45, 7) is 10.7. The molecule has 0 aliphatic carbocycles. The van der Waals surface area contributed by atoms with Crippen molar-refractivity contribution in [3.8, 4) is 5.75 Å². The maximum Gasteiger partial charge on any atom is 0.264 e. The van der Waals surface area contributed by atoms with Gasteiger partial charge in [-0.25, -0.2) is 4.98 Å². The van der Waals surface area contributed by atoms with Gasteiger partial charge in [0.2, 0.25) is 0 Å². The van der Waals surface area contributed by atoms with Crippen LogP contribution < -0.4 is 10.1 Å². The van der Waals surface area contributed by atoms with Crippen molar-refractivity contribution in [1.29, 1.82) is 0 Å². The Balaban J connectivity index is 1.50. The fraction of sp³-hybridized carbons (Fsp3) is 0.500. The second-order valence-corrected chi connectivity index (χ2v) is 8.01. The number of para-hydroxylation sites is 1. The maximum absolute atomic E-state index is 12.2. The Hall–Kier alpha value is -1.96. The van der Waals surface area contributed by atoms with Gasteiger partial charge in [0.25, 0.3) is 5.91 Å². The van der Waals surface area contributed by atoms with E-state index < -0.39 is 0 Å². The van der Waals surface area contributed by atoms with Gasteiger partial charge in [-0.1, -0.05) is 18.2 Å². The lowest BCUT2D eigenvalue weighted by atomic mass is 10.1. The van der Waals surface area contributed by atoms with Crippen molar-refractivity contribution in [3.63, 3.8) is 0 Å². The summed E-state index contributed by atoms with van der Waals surface area (Å²) in [6, 6.07) is 5.92. The number of nitrogens with one attached hydrogen (secondary N) is 1. The predicted octanol–water partition coefficient (Wildman–Crippen LogP) is 3.39. The molecule has 0 radical (unpaired) electrons. The highest BCUT2D eigenvalue weighted by Crippen LogP contribution is 2.23. The Bertz CT molecular complexity index is 762. The van der Waals surface area contributed by atoms with Crippen LogP contribution in [0.1, 0.15) is 30.7 Å². The number of aryl methyl sites for hydroxylation is 2. The number of anilines is 1. The third kappa shape index (κ3) is 5.51. The van der Waals surface area contributed by atoms with E-state index in [1.807, 2.05) is 37.4 Å². The van der Waals surface area contributed by atoms with Crippen LogP contribution in [-0.2, 0) is 16.1 Å². The Labute approximate surface area is 164 Å². The van der Waals surface area contributed by atoms with Crippen molar-refractivity contribution in [1.82, 2.24) is 9.88 Å². The van der Waals surface area contributed by atoms with E-state index >= 15 is 0 Å². The molecule has 146 valence electrons. The van der Waals surface area contributed by atoms with Gasteiger partial charge in [0.05, 0.1) is 17.9 Å². The fourth-order valence-corrected chi connectivity index (χ4v) is 4.12. The summed E-state index contributed by atoms with van der Waals surface area (Å²) < 4.78 is 11.5. The van der Waals surface area contributed by atoms with Crippen molar-refractivity contribution in [2.45, 2.75) is 46.4 Å². The van der Waals surface area contributed by atoms with Gasteiger partial charge in [-0.3, -0.25) is 15.0 Å². The Morgan fingerprint density at radius 2 is 1.96 bits per heavy atom. The quantitative estimate of drug-likeness (QED) is 0.820. The number of hydrogen-bond donors (Lipinski definition) is 1. The van der Waals surface area contributed by atoms with Gasteiger partial charge in [0, 0.05) is 25.0 Å². The van der Waals surface area contributed by atoms with Crippen LogP contribution in [-0.4, -0.2) is 47.7 Å². The predicted molar refractivity (Wildman–Crippen MR) is 107 cm³/mol. The molecular formula is C20H27N3O3S. The highest BCUT2D eigenvalue weighted by molar-refractivity contribution is 7.13. The molecule has 1 aliphatic heterocycles. The first kappa shape index (κ1) is 19.8. The third-order valence-electron chi connectivity index (χ3n) is 4.44. The molecule has 27 heavy (non-hydrogen) atoms. The first-order valence-electron chi connectivity index (χ1n) is 9.22. The second-order valence-electron chi connectivity index (χ2n) is 7.15. The van der Waals surface area contributed by atoms with Crippen LogP contribution in [0, 0.1) is 13.8 Å². The summed E-state index contributed by atoms with van der Waals surface area (Å²) in [7, 11) is 0. The van der Waals surface area contributed by atoms with Gasteiger partial charge in [0.1, 0.15) is 5.75 Å². The smallest absolute Gasteiger partial charge is 0.264 e. The summed E-state index contributed by atoms with van der Waals surface area (Å²) in [5.41, 5.74) is 3.01. The van der Waals surface area contributed by atoms with Crippen molar-refractivity contribution < 1.29 is 14.3 Å². The van der Waals surface area contributed by atoms with Crippen molar-refractivity contribution in [2.24, 2.45) is 0 Å². The zero-order valence-corrected chi connectivity index (χ0v) is 17.1. The molecule has 1 saturated heterocycles. The standard InChI is InChI=1S/C20H27N3O3S/c1-13-6-5-7-14(2)19(13)25-11-18(24)22-20-21-17(12-27-20)10-23-8-15(3)26-16(4)9-23/h5-7,12,15-16H,8-11H2,1-4H3,(H,21,22,24). The molecule has 3 rings (SSSR count). The van der Waals surface area contributed by atoms with E-state index in [9.17, 15) is 4.79 Å². The molecule has 0 bridgehead atoms. The van der Waals surface area contributed by atoms with Crippen LogP contribution in [0.15, 0.2) is 23.6 Å². The number of aromatic nitrogens is 1. The van der Waals surface area contributed by atoms with Crippen molar-refractivity contribution in [3.05, 3.63) is 40.4 Å². The monoisotopic (exact) mass is 389 g/mol. The molecule has 1 N–H and O–H groups in total. The van der Waals surface area contributed by atoms with Crippen LogP contribution in [0.5, 0.6) is 5.75 Å². The maximum atomic E-state index is 12.2. The lowest BCUT2D eigenvalue weighted by Gasteiger charge is -2.34. The van der Waals surface area contributed by atoms with Crippen LogP contribution in [0.3, 0.4) is 0 Å². The molecule has 2 heterocycles. The van der Waals surface area contributed by atoms with Crippen molar-refractivity contribution >= 4 is 22.4 Å². The molecule has 0 saturated carbocycles. The number of rotatable bonds is 6. The first-order chi connectivity index (χ1) is 12.9. The number of ether oxygens (including phenoxy) is 2. The number of thiazole rings is 1. The van der Waals surface area contributed by atoms with Crippen LogP contribution in [0.25, 0.3) is 0 Å². The molecule has 1 fully saturated rings. The fourth-order valence-electron chi connectivity index (χ4n) is 3.40. The molecule has 6 nitrogen and oxygen atoms in total. The molecule has 1 aromatic heterocycles. The van der Waals surface area contributed by atoms with Gasteiger partial charge >= 0.3 is 0 Å². The average molecular weight is 390 g/mol. The lowest BCUT2D eigenvalue weighted by Crippen LogP contribution is -2.44. The third-order valence-corrected chi connectivity index (χ3v) is 5.24. The highest BCUT2D eigenvalue weighted by Gasteiger charge is 2.22. The minimum atomic E-state index is -0.202. The number of morpholine rings is 1. The topological polar surface area (TPSA) is 63.7 Å². The van der Waals surface area contributed by atoms with Gasteiger partial charge in [0.15, 0.2) is 11.7 Å². The summed E-state index contributed by atoms with van der Waals surface area (Å²) in [5, 5.41) is 5.43. The number of carbonyl (C=O) groups is 1. The molecule has 1 amide bonds. The SMILES string of the molecule is Cc1cccc(C)c1OCC(=O)Nc1nc(CN2CC(C)OC(C)C2)cs1. The average Bonchev–Trinajstić information content (AvgIpc) is 3.00. The Kier molecular flexibility index (Phi) is 6.46.